The number of urea groups is 1. The summed E-state index contributed by atoms with van der Waals surface area (Å²) in [6.07, 6.45) is 0. The van der Waals surface area contributed by atoms with E-state index in [-0.39, 0.29) is 22.0 Å². The monoisotopic (exact) mass is 438 g/mol. The molecule has 0 aliphatic carbocycles. The minimum Gasteiger partial charge on any atom is -0.424 e. The number of rotatable bonds is 4. The van der Waals surface area contributed by atoms with E-state index in [4.69, 9.17) is 27.9 Å². The highest BCUT2D eigenvalue weighted by Gasteiger charge is 2.19. The Morgan fingerprint density at radius 3 is 2.10 bits per heavy atom. The average Bonchev–Trinajstić information content (AvgIpc) is 2.62. The number of halogens is 4. The molecule has 2 aromatic carbocycles. The Hall–Kier alpha value is -3.30. The number of anilines is 1. The van der Waals surface area contributed by atoms with Gasteiger partial charge in [-0.3, -0.25) is 10.1 Å². The van der Waals surface area contributed by atoms with Crippen molar-refractivity contribution in [2.45, 2.75) is 0 Å². The van der Waals surface area contributed by atoms with E-state index in [2.05, 4.69) is 15.3 Å². The third kappa shape index (κ3) is 5.37. The summed E-state index contributed by atoms with van der Waals surface area (Å²) in [6, 6.07) is 9.08. The van der Waals surface area contributed by atoms with Crippen LogP contribution in [0.2, 0.25) is 10.3 Å². The van der Waals surface area contributed by atoms with Gasteiger partial charge in [-0.2, -0.15) is 9.97 Å². The molecule has 0 radical (unpaired) electrons. The molecule has 7 nitrogen and oxygen atoms in total. The Balaban J connectivity index is 1.62. The number of nitrogens with zero attached hydrogens (tertiary/aromatic N) is 2. The molecule has 3 aromatic rings. The Bertz CT molecular complexity index is 1040. The van der Waals surface area contributed by atoms with Gasteiger partial charge in [-0.1, -0.05) is 29.3 Å². The summed E-state index contributed by atoms with van der Waals surface area (Å²) in [5.41, 5.74) is -0.576. The third-order valence-corrected chi connectivity index (χ3v) is 3.77. The maximum atomic E-state index is 13.6. The van der Waals surface area contributed by atoms with Crippen LogP contribution in [0.5, 0.6) is 11.8 Å². The van der Waals surface area contributed by atoms with Gasteiger partial charge in [0.15, 0.2) is 0 Å². The Labute approximate surface area is 172 Å². The van der Waals surface area contributed by atoms with Crippen molar-refractivity contribution < 1.29 is 23.1 Å². The van der Waals surface area contributed by atoms with Crippen molar-refractivity contribution in [3.05, 3.63) is 76.0 Å². The summed E-state index contributed by atoms with van der Waals surface area (Å²) in [7, 11) is 0. The zero-order chi connectivity index (χ0) is 21.0. The summed E-state index contributed by atoms with van der Waals surface area (Å²) < 4.78 is 32.5. The number of benzene rings is 2. The first-order valence-electron chi connectivity index (χ1n) is 7.86. The van der Waals surface area contributed by atoms with Gasteiger partial charge in [-0.05, 0) is 36.4 Å². The summed E-state index contributed by atoms with van der Waals surface area (Å²) in [5, 5.41) is 4.40. The van der Waals surface area contributed by atoms with Crippen LogP contribution in [0, 0.1) is 11.6 Å². The summed E-state index contributed by atoms with van der Waals surface area (Å²) in [4.78, 5) is 31.5. The molecule has 0 saturated heterocycles. The number of amides is 3. The zero-order valence-electron chi connectivity index (χ0n) is 14.2. The number of hydrogen-bond acceptors (Lipinski definition) is 5. The van der Waals surface area contributed by atoms with E-state index in [1.807, 2.05) is 5.32 Å². The third-order valence-electron chi connectivity index (χ3n) is 3.38. The van der Waals surface area contributed by atoms with Gasteiger partial charge in [0.2, 0.25) is 0 Å². The standard InChI is InChI=1S/C18H10Cl2F2N4O3/c19-13-8-14(20)25-18(24-13)29-10-6-4-9(5-7-10)23-17(28)26-16(27)15-11(21)2-1-3-12(15)22/h1-8H,(H2,23,26,27,28). The molecule has 2 N–H and O–H groups in total. The first kappa shape index (κ1) is 20.4. The van der Waals surface area contributed by atoms with Crippen molar-refractivity contribution in [2.24, 2.45) is 0 Å². The SMILES string of the molecule is O=C(NC(=O)c1c(F)cccc1F)Nc1ccc(Oc2nc(Cl)cc(Cl)n2)cc1. The molecule has 29 heavy (non-hydrogen) atoms. The topological polar surface area (TPSA) is 93.2 Å². The minimum absolute atomic E-state index is 0.0709. The highest BCUT2D eigenvalue weighted by Crippen LogP contribution is 2.23. The van der Waals surface area contributed by atoms with Gasteiger partial charge in [0.1, 0.15) is 33.3 Å². The fraction of sp³-hybridized carbons (Fsp3) is 0. The molecule has 0 aliphatic heterocycles. The number of imide groups is 1. The first-order valence-corrected chi connectivity index (χ1v) is 8.62. The van der Waals surface area contributed by atoms with E-state index in [1.54, 1.807) is 0 Å². The van der Waals surface area contributed by atoms with Gasteiger partial charge < -0.3 is 10.1 Å². The number of aromatic nitrogens is 2. The molecule has 0 aliphatic rings. The Morgan fingerprint density at radius 2 is 1.52 bits per heavy atom. The molecule has 3 rings (SSSR count). The van der Waals surface area contributed by atoms with Crippen LogP contribution >= 0.6 is 23.2 Å². The van der Waals surface area contributed by atoms with Crippen LogP contribution in [0.1, 0.15) is 10.4 Å². The molecule has 1 heterocycles. The van der Waals surface area contributed by atoms with E-state index >= 15 is 0 Å². The first-order chi connectivity index (χ1) is 13.8. The van der Waals surface area contributed by atoms with Crippen molar-refractivity contribution in [1.29, 1.82) is 0 Å². The van der Waals surface area contributed by atoms with Crippen LogP contribution in [0.3, 0.4) is 0 Å². The van der Waals surface area contributed by atoms with Crippen molar-refractivity contribution in [3.63, 3.8) is 0 Å². The van der Waals surface area contributed by atoms with Gasteiger partial charge in [0.25, 0.3) is 5.91 Å². The van der Waals surface area contributed by atoms with Crippen LogP contribution in [-0.2, 0) is 0 Å². The number of carbonyl (C=O) groups excluding carboxylic acids is 2. The van der Waals surface area contributed by atoms with E-state index in [9.17, 15) is 18.4 Å². The van der Waals surface area contributed by atoms with Crippen LogP contribution in [0.4, 0.5) is 19.3 Å². The second kappa shape index (κ2) is 8.80. The lowest BCUT2D eigenvalue weighted by atomic mass is 10.2. The van der Waals surface area contributed by atoms with E-state index < -0.39 is 29.1 Å². The molecule has 3 amide bonds. The second-order valence-corrected chi connectivity index (χ2v) is 6.20. The predicted molar refractivity (Wildman–Crippen MR) is 101 cm³/mol. The highest BCUT2D eigenvalue weighted by atomic mass is 35.5. The van der Waals surface area contributed by atoms with Gasteiger partial charge in [0.05, 0.1) is 0 Å². The highest BCUT2D eigenvalue weighted by molar-refractivity contribution is 6.33. The molecule has 0 unspecified atom stereocenters. The lowest BCUT2D eigenvalue weighted by Crippen LogP contribution is -2.35. The number of nitrogens with one attached hydrogen (secondary N) is 2. The van der Waals surface area contributed by atoms with E-state index in [0.29, 0.717) is 5.75 Å². The van der Waals surface area contributed by atoms with Crippen LogP contribution in [0.15, 0.2) is 48.5 Å². The maximum Gasteiger partial charge on any atom is 0.326 e. The van der Waals surface area contributed by atoms with Crippen molar-refractivity contribution >= 4 is 40.8 Å². The normalized spacial score (nSPS) is 10.3. The molecule has 11 heteroatoms. The maximum absolute atomic E-state index is 13.6. The number of carbonyl (C=O) groups is 2. The van der Waals surface area contributed by atoms with Crippen LogP contribution in [0.25, 0.3) is 0 Å². The second-order valence-electron chi connectivity index (χ2n) is 5.43. The molecule has 0 atom stereocenters. The molecule has 0 saturated carbocycles. The molecule has 148 valence electrons. The van der Waals surface area contributed by atoms with Crippen molar-refractivity contribution in [3.8, 4) is 11.8 Å². The summed E-state index contributed by atoms with van der Waals surface area (Å²) in [5.74, 6) is -3.06. The smallest absolute Gasteiger partial charge is 0.326 e. The van der Waals surface area contributed by atoms with Crippen molar-refractivity contribution in [1.82, 2.24) is 15.3 Å². The molecule has 0 bridgehead atoms. The molecule has 0 fully saturated rings. The van der Waals surface area contributed by atoms with Gasteiger partial charge in [-0.25, -0.2) is 13.6 Å². The van der Waals surface area contributed by atoms with E-state index in [0.717, 1.165) is 18.2 Å². The predicted octanol–water partition coefficient (Wildman–Crippen LogP) is 4.82. The zero-order valence-corrected chi connectivity index (χ0v) is 15.8. The number of hydrogen-bond donors (Lipinski definition) is 2. The lowest BCUT2D eigenvalue weighted by molar-refractivity contribution is 0.0959. The quantitative estimate of drug-likeness (QED) is 0.569. The van der Waals surface area contributed by atoms with Crippen molar-refractivity contribution in [2.75, 3.05) is 5.32 Å². The molecule has 0 spiro atoms. The van der Waals surface area contributed by atoms with Crippen LogP contribution < -0.4 is 15.4 Å². The van der Waals surface area contributed by atoms with E-state index in [1.165, 1.54) is 30.3 Å². The Morgan fingerprint density at radius 1 is 0.931 bits per heavy atom. The average molecular weight is 439 g/mol. The van der Waals surface area contributed by atoms with Crippen LogP contribution in [-0.4, -0.2) is 21.9 Å². The fourth-order valence-electron chi connectivity index (χ4n) is 2.17. The Kier molecular flexibility index (Phi) is 6.20. The summed E-state index contributed by atoms with van der Waals surface area (Å²) in [6.45, 7) is 0. The lowest BCUT2D eigenvalue weighted by Gasteiger charge is -2.09. The summed E-state index contributed by atoms with van der Waals surface area (Å²) >= 11 is 11.5. The van der Waals surface area contributed by atoms with Gasteiger partial charge in [0, 0.05) is 11.8 Å². The largest absolute Gasteiger partial charge is 0.424 e. The minimum atomic E-state index is -1.21. The molecule has 1 aromatic heterocycles. The number of ether oxygens (including phenoxy) is 1. The fourth-order valence-corrected chi connectivity index (χ4v) is 2.58. The molecular weight excluding hydrogens is 429 g/mol. The van der Waals surface area contributed by atoms with Gasteiger partial charge >= 0.3 is 12.0 Å². The molecular formula is C18H10Cl2F2N4O3. The van der Waals surface area contributed by atoms with Gasteiger partial charge in [-0.15, -0.1) is 0 Å².